The van der Waals surface area contributed by atoms with Gasteiger partial charge < -0.3 is 4.90 Å². The molecule has 21 heavy (non-hydrogen) atoms. The molecule has 3 amide bonds. The van der Waals surface area contributed by atoms with Gasteiger partial charge in [0.1, 0.15) is 0 Å². The van der Waals surface area contributed by atoms with Crippen molar-refractivity contribution >= 4 is 17.7 Å². The fourth-order valence-electron chi connectivity index (χ4n) is 2.35. The van der Waals surface area contributed by atoms with E-state index in [1.54, 1.807) is 11.8 Å². The molecule has 1 unspecified atom stereocenters. The average Bonchev–Trinajstić information content (AvgIpc) is 2.71. The second kappa shape index (κ2) is 9.53. The van der Waals surface area contributed by atoms with Crippen LogP contribution in [-0.4, -0.2) is 47.2 Å². The zero-order valence-electron chi connectivity index (χ0n) is 14.3. The molecule has 0 aromatic rings. The monoisotopic (exact) mass is 298 g/mol. The molecule has 0 radical (unpaired) electrons. The number of amides is 3. The van der Waals surface area contributed by atoms with Gasteiger partial charge in [-0.05, 0) is 5.92 Å². The predicted molar refractivity (Wildman–Crippen MR) is 83.6 cm³/mol. The number of rotatable bonds is 3. The molecule has 0 N–H and O–H groups in total. The molecule has 1 atom stereocenters. The lowest BCUT2D eigenvalue weighted by Crippen LogP contribution is -2.49. The minimum Gasteiger partial charge on any atom is -0.342 e. The first-order valence-corrected chi connectivity index (χ1v) is 8.11. The summed E-state index contributed by atoms with van der Waals surface area (Å²) in [5.41, 5.74) is 0. The van der Waals surface area contributed by atoms with Crippen molar-refractivity contribution in [3.63, 3.8) is 0 Å². The Hall–Kier alpha value is -1.39. The molecule has 0 aromatic heterocycles. The van der Waals surface area contributed by atoms with Gasteiger partial charge in [0, 0.05) is 38.4 Å². The Morgan fingerprint density at radius 3 is 2.00 bits per heavy atom. The molecule has 5 nitrogen and oxygen atoms in total. The fourth-order valence-corrected chi connectivity index (χ4v) is 2.35. The van der Waals surface area contributed by atoms with Crippen LogP contribution in [0, 0.1) is 11.8 Å². The van der Waals surface area contributed by atoms with Crippen LogP contribution in [0.25, 0.3) is 0 Å². The van der Waals surface area contributed by atoms with Crippen LogP contribution < -0.4 is 0 Å². The van der Waals surface area contributed by atoms with Gasteiger partial charge >= 0.3 is 0 Å². The van der Waals surface area contributed by atoms with Crippen molar-refractivity contribution in [2.45, 2.75) is 54.4 Å². The van der Waals surface area contributed by atoms with E-state index in [1.807, 2.05) is 27.7 Å². The van der Waals surface area contributed by atoms with Gasteiger partial charge in [0.2, 0.25) is 17.7 Å². The summed E-state index contributed by atoms with van der Waals surface area (Å²) in [5.74, 6) is 0.117. The Labute approximate surface area is 128 Å². The molecule has 0 bridgehead atoms. The van der Waals surface area contributed by atoms with Crippen molar-refractivity contribution in [3.05, 3.63) is 0 Å². The van der Waals surface area contributed by atoms with Gasteiger partial charge in [0.15, 0.2) is 0 Å². The molecule has 5 heteroatoms. The maximum Gasteiger partial charge on any atom is 0.232 e. The quantitative estimate of drug-likeness (QED) is 0.751. The molecule has 0 spiro atoms. The lowest BCUT2D eigenvalue weighted by atomic mass is 10.0. The van der Waals surface area contributed by atoms with E-state index in [-0.39, 0.29) is 43.0 Å². The maximum atomic E-state index is 11.7. The summed E-state index contributed by atoms with van der Waals surface area (Å²) in [4.78, 5) is 37.8. The minimum atomic E-state index is -0.221. The van der Waals surface area contributed by atoms with Crippen LogP contribution in [0.1, 0.15) is 54.4 Å². The molecular formula is C16H30N2O3. The first kappa shape index (κ1) is 19.6. The molecule has 0 saturated carbocycles. The molecule has 122 valence electrons. The molecule has 0 aliphatic carbocycles. The van der Waals surface area contributed by atoms with Gasteiger partial charge in [-0.2, -0.15) is 0 Å². The average molecular weight is 298 g/mol. The van der Waals surface area contributed by atoms with Crippen LogP contribution in [0.2, 0.25) is 0 Å². The van der Waals surface area contributed by atoms with E-state index in [0.29, 0.717) is 5.92 Å². The van der Waals surface area contributed by atoms with E-state index in [9.17, 15) is 14.4 Å². The third-order valence-electron chi connectivity index (χ3n) is 3.44. The normalized spacial score (nSPS) is 21.1. The van der Waals surface area contributed by atoms with E-state index < -0.39 is 0 Å². The third kappa shape index (κ3) is 5.14. The zero-order valence-corrected chi connectivity index (χ0v) is 14.3. The minimum absolute atomic E-state index is 0.0447. The molecule has 2 aliphatic rings. The lowest BCUT2D eigenvalue weighted by Gasteiger charge is -2.37. The van der Waals surface area contributed by atoms with Crippen LogP contribution in [0.4, 0.5) is 0 Å². The zero-order chi connectivity index (χ0) is 16.6. The van der Waals surface area contributed by atoms with Crippen LogP contribution in [0.3, 0.4) is 0 Å². The summed E-state index contributed by atoms with van der Waals surface area (Å²) in [6.07, 6.45) is 0.546. The van der Waals surface area contributed by atoms with Crippen molar-refractivity contribution < 1.29 is 14.4 Å². The second-order valence-electron chi connectivity index (χ2n) is 5.14. The van der Waals surface area contributed by atoms with E-state index in [2.05, 4.69) is 6.92 Å². The Kier molecular flexibility index (Phi) is 8.90. The van der Waals surface area contributed by atoms with Gasteiger partial charge in [-0.3, -0.25) is 19.3 Å². The van der Waals surface area contributed by atoms with Gasteiger partial charge in [0.25, 0.3) is 0 Å². The van der Waals surface area contributed by atoms with E-state index in [0.717, 1.165) is 13.1 Å². The van der Waals surface area contributed by atoms with Crippen molar-refractivity contribution in [1.82, 2.24) is 9.80 Å². The van der Waals surface area contributed by atoms with Gasteiger partial charge in [-0.1, -0.05) is 41.5 Å². The largest absolute Gasteiger partial charge is 0.342 e. The molecule has 2 heterocycles. The number of likely N-dealkylation sites (tertiary alicyclic amines) is 2. The SMILES string of the molecule is CC.CC.CC1CN(C(=O)CCN2C(=O)CC(C)C2=O)C1. The van der Waals surface area contributed by atoms with Gasteiger partial charge in [0.05, 0.1) is 0 Å². The number of carbonyl (C=O) groups excluding carboxylic acids is 3. The summed E-state index contributed by atoms with van der Waals surface area (Å²) in [6, 6.07) is 0. The summed E-state index contributed by atoms with van der Waals surface area (Å²) >= 11 is 0. The van der Waals surface area contributed by atoms with E-state index >= 15 is 0 Å². The Balaban J connectivity index is 0.000000921. The molecule has 2 rings (SSSR count). The standard InChI is InChI=1S/C12H18N2O3.2C2H6/c1-8-6-13(7-8)10(15)3-4-14-11(16)5-9(2)12(14)17;2*1-2/h8-9H,3-7H2,1-2H3;2*1-2H3. The molecular weight excluding hydrogens is 268 g/mol. The highest BCUT2D eigenvalue weighted by atomic mass is 16.2. The van der Waals surface area contributed by atoms with Crippen LogP contribution >= 0.6 is 0 Å². The summed E-state index contributed by atoms with van der Waals surface area (Å²) in [5, 5.41) is 0. The second-order valence-corrected chi connectivity index (χ2v) is 5.14. The van der Waals surface area contributed by atoms with Gasteiger partial charge in [-0.15, -0.1) is 0 Å². The van der Waals surface area contributed by atoms with Crippen LogP contribution in [0.15, 0.2) is 0 Å². The summed E-state index contributed by atoms with van der Waals surface area (Å²) in [6.45, 7) is 13.7. The highest BCUT2D eigenvalue weighted by Gasteiger charge is 2.36. The van der Waals surface area contributed by atoms with Crippen LogP contribution in [0.5, 0.6) is 0 Å². The van der Waals surface area contributed by atoms with Crippen molar-refractivity contribution in [2.75, 3.05) is 19.6 Å². The highest BCUT2D eigenvalue weighted by molar-refractivity contribution is 6.03. The van der Waals surface area contributed by atoms with E-state index in [4.69, 9.17) is 0 Å². The van der Waals surface area contributed by atoms with Crippen molar-refractivity contribution in [2.24, 2.45) is 11.8 Å². The smallest absolute Gasteiger partial charge is 0.232 e. The van der Waals surface area contributed by atoms with Gasteiger partial charge in [-0.25, -0.2) is 0 Å². The number of hydrogen-bond donors (Lipinski definition) is 0. The first-order valence-electron chi connectivity index (χ1n) is 8.11. The summed E-state index contributed by atoms with van der Waals surface area (Å²) in [7, 11) is 0. The number of imide groups is 1. The highest BCUT2D eigenvalue weighted by Crippen LogP contribution is 2.20. The first-order chi connectivity index (χ1) is 9.99. The van der Waals surface area contributed by atoms with E-state index in [1.165, 1.54) is 4.90 Å². The van der Waals surface area contributed by atoms with Crippen molar-refractivity contribution in [1.29, 1.82) is 0 Å². The Morgan fingerprint density at radius 2 is 1.62 bits per heavy atom. The predicted octanol–water partition coefficient (Wildman–Crippen LogP) is 2.30. The molecule has 2 aliphatic heterocycles. The third-order valence-corrected chi connectivity index (χ3v) is 3.44. The molecule has 2 saturated heterocycles. The Bertz CT molecular complexity index is 363. The Morgan fingerprint density at radius 1 is 1.10 bits per heavy atom. The van der Waals surface area contributed by atoms with Crippen molar-refractivity contribution in [3.8, 4) is 0 Å². The fraction of sp³-hybridized carbons (Fsp3) is 0.812. The molecule has 2 fully saturated rings. The topological polar surface area (TPSA) is 57.7 Å². The molecule has 0 aromatic carbocycles. The van der Waals surface area contributed by atoms with Crippen LogP contribution in [-0.2, 0) is 14.4 Å². The maximum absolute atomic E-state index is 11.7. The number of hydrogen-bond acceptors (Lipinski definition) is 3. The number of carbonyl (C=O) groups is 3. The summed E-state index contributed by atoms with van der Waals surface area (Å²) < 4.78 is 0. The lowest BCUT2D eigenvalue weighted by molar-refractivity contribution is -0.141. The number of nitrogens with zero attached hydrogens (tertiary/aromatic N) is 2.